The lowest BCUT2D eigenvalue weighted by atomic mass is 10.4. The smallest absolute Gasteiger partial charge is 0.398 e. The predicted octanol–water partition coefficient (Wildman–Crippen LogP) is 0.959. The molecule has 1 saturated heterocycles. The van der Waals surface area contributed by atoms with Gasteiger partial charge in [-0.15, -0.1) is 0 Å². The van der Waals surface area contributed by atoms with E-state index in [1.165, 1.54) is 0 Å². The maximum absolute atomic E-state index is 11.4. The highest BCUT2D eigenvalue weighted by molar-refractivity contribution is 6.84. The molecule has 0 unspecified atom stereocenters. The van der Waals surface area contributed by atoms with Crippen molar-refractivity contribution >= 4 is 14.2 Å². The van der Waals surface area contributed by atoms with Gasteiger partial charge in [0.2, 0.25) is 0 Å². The molecule has 1 N–H and O–H groups in total. The van der Waals surface area contributed by atoms with Gasteiger partial charge >= 0.3 is 6.09 Å². The van der Waals surface area contributed by atoms with E-state index in [-0.39, 0.29) is 12.3 Å². The Kier molecular flexibility index (Phi) is 4.18. The van der Waals surface area contributed by atoms with E-state index in [9.17, 15) is 4.79 Å². The maximum atomic E-state index is 11.4. The quantitative estimate of drug-likeness (QED) is 0.536. The van der Waals surface area contributed by atoms with Crippen molar-refractivity contribution in [3.05, 3.63) is 0 Å². The summed E-state index contributed by atoms with van der Waals surface area (Å²) >= 11 is 0. The Bertz CT molecular complexity index is 287. The molecule has 0 aromatic heterocycles. The molecule has 1 rings (SSSR count). The van der Waals surface area contributed by atoms with Crippen molar-refractivity contribution in [3.8, 4) is 11.7 Å². The molecule has 0 aromatic carbocycles. The number of hydrogen-bond acceptors (Lipinski definition) is 3. The van der Waals surface area contributed by atoms with Crippen LogP contribution in [0.2, 0.25) is 13.1 Å². The Morgan fingerprint density at radius 2 is 2.07 bits per heavy atom. The number of likely N-dealkylation sites (tertiary alicyclic amines) is 1. The zero-order valence-corrected chi connectivity index (χ0v) is 10.2. The highest BCUT2D eigenvalue weighted by atomic mass is 28.3. The SMILES string of the molecule is C[Si](C)(C#COC(=O)N1CCCC1)CO. The number of rotatable bonds is 1. The monoisotopic (exact) mass is 227 g/mol. The Morgan fingerprint density at radius 1 is 1.47 bits per heavy atom. The number of aliphatic hydroxyl groups is 1. The molecule has 0 aromatic rings. The van der Waals surface area contributed by atoms with Crippen LogP contribution in [0.5, 0.6) is 0 Å². The Hall–Kier alpha value is -0.993. The average molecular weight is 227 g/mol. The second-order valence-electron chi connectivity index (χ2n) is 4.33. The van der Waals surface area contributed by atoms with Crippen LogP contribution in [-0.4, -0.2) is 43.5 Å². The number of nitrogens with zero attached hydrogens (tertiary/aromatic N) is 1. The first-order valence-corrected chi connectivity index (χ1v) is 8.35. The van der Waals surface area contributed by atoms with Gasteiger partial charge in [-0.25, -0.2) is 4.79 Å². The van der Waals surface area contributed by atoms with E-state index >= 15 is 0 Å². The summed E-state index contributed by atoms with van der Waals surface area (Å²) in [4.78, 5) is 13.0. The third kappa shape index (κ3) is 3.94. The van der Waals surface area contributed by atoms with Gasteiger partial charge in [-0.05, 0) is 12.8 Å². The lowest BCUT2D eigenvalue weighted by Crippen LogP contribution is -2.30. The molecule has 0 aliphatic carbocycles. The van der Waals surface area contributed by atoms with Gasteiger partial charge in [-0.3, -0.25) is 0 Å². The van der Waals surface area contributed by atoms with E-state index in [1.807, 2.05) is 13.1 Å². The van der Waals surface area contributed by atoms with E-state index < -0.39 is 8.07 Å². The van der Waals surface area contributed by atoms with Gasteiger partial charge in [0.25, 0.3) is 0 Å². The van der Waals surface area contributed by atoms with Gasteiger partial charge < -0.3 is 14.7 Å². The molecule has 1 fully saturated rings. The molecule has 0 saturated carbocycles. The topological polar surface area (TPSA) is 49.8 Å². The molecule has 4 nitrogen and oxygen atoms in total. The maximum Gasteiger partial charge on any atom is 0.423 e. The lowest BCUT2D eigenvalue weighted by molar-refractivity contribution is 0.153. The Labute approximate surface area is 91.2 Å². The van der Waals surface area contributed by atoms with Crippen LogP contribution in [0.25, 0.3) is 0 Å². The molecule has 84 valence electrons. The van der Waals surface area contributed by atoms with E-state index in [1.54, 1.807) is 4.90 Å². The fraction of sp³-hybridized carbons (Fsp3) is 0.700. The van der Waals surface area contributed by atoms with Crippen LogP contribution in [-0.2, 0) is 4.74 Å². The van der Waals surface area contributed by atoms with Crippen LogP contribution < -0.4 is 0 Å². The van der Waals surface area contributed by atoms with Crippen molar-refractivity contribution in [2.75, 3.05) is 19.3 Å². The van der Waals surface area contributed by atoms with Gasteiger partial charge in [-0.2, -0.15) is 0 Å². The number of aliphatic hydroxyl groups excluding tert-OH is 1. The summed E-state index contributed by atoms with van der Waals surface area (Å²) in [5, 5.41) is 8.98. The first kappa shape index (κ1) is 12.1. The number of carbonyl (C=O) groups excluding carboxylic acids is 1. The minimum Gasteiger partial charge on any atom is -0.398 e. The van der Waals surface area contributed by atoms with Crippen LogP contribution in [0.1, 0.15) is 12.8 Å². The number of hydrogen-bond donors (Lipinski definition) is 1. The second kappa shape index (κ2) is 5.19. The highest BCUT2D eigenvalue weighted by Gasteiger charge is 2.19. The molecular formula is C10H17NO3Si. The largest absolute Gasteiger partial charge is 0.423 e. The summed E-state index contributed by atoms with van der Waals surface area (Å²) in [7, 11) is -1.88. The van der Waals surface area contributed by atoms with Crippen molar-refractivity contribution in [2.45, 2.75) is 25.9 Å². The fourth-order valence-electron chi connectivity index (χ4n) is 1.21. The minimum absolute atomic E-state index is 0.0846. The van der Waals surface area contributed by atoms with Gasteiger partial charge in [0, 0.05) is 19.3 Å². The van der Waals surface area contributed by atoms with Crippen molar-refractivity contribution in [3.63, 3.8) is 0 Å². The van der Waals surface area contributed by atoms with Crippen LogP contribution >= 0.6 is 0 Å². The molecule has 15 heavy (non-hydrogen) atoms. The minimum atomic E-state index is -1.88. The van der Waals surface area contributed by atoms with E-state index in [0.717, 1.165) is 25.9 Å². The summed E-state index contributed by atoms with van der Waals surface area (Å²) in [5.74, 6) is 0. The molecular weight excluding hydrogens is 210 g/mol. The number of carbonyl (C=O) groups is 1. The molecule has 1 aliphatic heterocycles. The van der Waals surface area contributed by atoms with Gasteiger partial charge in [-0.1, -0.05) is 18.6 Å². The molecule has 1 amide bonds. The van der Waals surface area contributed by atoms with E-state index in [0.29, 0.717) is 0 Å². The van der Waals surface area contributed by atoms with Crippen LogP contribution in [0, 0.1) is 11.7 Å². The van der Waals surface area contributed by atoms with Gasteiger partial charge in [0.05, 0.1) is 0 Å². The van der Waals surface area contributed by atoms with Crippen molar-refractivity contribution in [2.24, 2.45) is 0 Å². The Balaban J connectivity index is 2.38. The van der Waals surface area contributed by atoms with E-state index in [4.69, 9.17) is 9.84 Å². The number of ether oxygens (including phenoxy) is 1. The third-order valence-electron chi connectivity index (χ3n) is 2.29. The molecule has 0 radical (unpaired) electrons. The van der Waals surface area contributed by atoms with Crippen LogP contribution in [0.4, 0.5) is 4.79 Å². The Morgan fingerprint density at radius 3 is 2.60 bits per heavy atom. The summed E-state index contributed by atoms with van der Waals surface area (Å²) in [6.45, 7) is 5.37. The number of amides is 1. The fourth-order valence-corrected chi connectivity index (χ4v) is 1.62. The summed E-state index contributed by atoms with van der Waals surface area (Å²) < 4.78 is 4.81. The molecule has 1 heterocycles. The predicted molar refractivity (Wildman–Crippen MR) is 59.6 cm³/mol. The van der Waals surface area contributed by atoms with Crippen molar-refractivity contribution in [1.29, 1.82) is 0 Å². The highest BCUT2D eigenvalue weighted by Crippen LogP contribution is 2.08. The zero-order chi connectivity index (χ0) is 11.3. The summed E-state index contributed by atoms with van der Waals surface area (Å²) in [5.41, 5.74) is 2.83. The normalized spacial score (nSPS) is 15.8. The summed E-state index contributed by atoms with van der Waals surface area (Å²) in [6.07, 6.45) is 4.22. The van der Waals surface area contributed by atoms with Gasteiger partial charge in [0.15, 0.2) is 8.07 Å². The molecule has 1 aliphatic rings. The second-order valence-corrected chi connectivity index (χ2v) is 8.67. The van der Waals surface area contributed by atoms with Crippen molar-refractivity contribution in [1.82, 2.24) is 4.90 Å². The van der Waals surface area contributed by atoms with Crippen LogP contribution in [0.3, 0.4) is 0 Å². The molecule has 5 heteroatoms. The first-order valence-electron chi connectivity index (χ1n) is 5.14. The molecule has 0 bridgehead atoms. The lowest BCUT2D eigenvalue weighted by Gasteiger charge is -2.12. The van der Waals surface area contributed by atoms with Crippen molar-refractivity contribution < 1.29 is 14.6 Å². The molecule has 0 spiro atoms. The molecule has 0 atom stereocenters. The standard InChI is InChI=1S/C10H17NO3Si/c1-15(2,9-12)8-7-14-10(13)11-5-3-4-6-11/h12H,3-6,9H2,1-2H3. The zero-order valence-electron chi connectivity index (χ0n) is 9.25. The van der Waals surface area contributed by atoms with Gasteiger partial charge in [0.1, 0.15) is 6.11 Å². The summed E-state index contributed by atoms with van der Waals surface area (Å²) in [6, 6.07) is 0. The first-order chi connectivity index (χ1) is 7.05. The third-order valence-corrected chi connectivity index (χ3v) is 3.86. The van der Waals surface area contributed by atoms with Crippen LogP contribution in [0.15, 0.2) is 0 Å². The average Bonchev–Trinajstić information content (AvgIpc) is 2.70. The van der Waals surface area contributed by atoms with E-state index in [2.05, 4.69) is 11.7 Å².